The zero-order valence-electron chi connectivity index (χ0n) is 19.3. The lowest BCUT2D eigenvalue weighted by atomic mass is 10.0. The van der Waals surface area contributed by atoms with Crippen LogP contribution in [-0.2, 0) is 0 Å². The highest BCUT2D eigenvalue weighted by atomic mass is 16.5. The lowest BCUT2D eigenvalue weighted by molar-refractivity contribution is 0.0782. The van der Waals surface area contributed by atoms with Crippen LogP contribution in [0.25, 0.3) is 5.69 Å². The van der Waals surface area contributed by atoms with Crippen LogP contribution in [0.5, 0.6) is 5.75 Å². The summed E-state index contributed by atoms with van der Waals surface area (Å²) in [5.74, 6) is 4.12. The Hall–Kier alpha value is -3.69. The van der Waals surface area contributed by atoms with Gasteiger partial charge in [-0.3, -0.25) is 4.79 Å². The maximum Gasteiger partial charge on any atom is 0.256 e. The SMILES string of the molecule is COc1ccc(C(=O)N2CC3CN(c4cc(N(C)C)nc(C)n4)CC3C2)c(-n2nccn2)c1. The Balaban J connectivity index is 1.33. The number of fused-ring (bicyclic) bond motifs is 1. The molecule has 172 valence electrons. The number of nitrogens with zero attached hydrogens (tertiary/aromatic N) is 8. The lowest BCUT2D eigenvalue weighted by Crippen LogP contribution is -2.34. The smallest absolute Gasteiger partial charge is 0.256 e. The molecular formula is C23H28N8O2. The van der Waals surface area contributed by atoms with E-state index in [0.717, 1.165) is 43.6 Å². The molecule has 0 aliphatic carbocycles. The number of amides is 1. The molecule has 10 nitrogen and oxygen atoms in total. The van der Waals surface area contributed by atoms with E-state index >= 15 is 0 Å². The van der Waals surface area contributed by atoms with Crippen LogP contribution in [0.3, 0.4) is 0 Å². The number of ether oxygens (including phenoxy) is 1. The molecule has 0 saturated carbocycles. The van der Waals surface area contributed by atoms with Crippen molar-refractivity contribution < 1.29 is 9.53 Å². The van der Waals surface area contributed by atoms with E-state index in [1.165, 1.54) is 4.80 Å². The van der Waals surface area contributed by atoms with Crippen molar-refractivity contribution in [2.45, 2.75) is 6.92 Å². The molecule has 2 unspecified atom stereocenters. The second kappa shape index (κ2) is 8.34. The molecular weight excluding hydrogens is 420 g/mol. The maximum absolute atomic E-state index is 13.5. The number of aryl methyl sites for hydroxylation is 1. The number of hydrogen-bond acceptors (Lipinski definition) is 8. The molecule has 0 bridgehead atoms. The summed E-state index contributed by atoms with van der Waals surface area (Å²) in [4.78, 5) is 30.4. The molecule has 33 heavy (non-hydrogen) atoms. The van der Waals surface area contributed by atoms with E-state index in [4.69, 9.17) is 4.74 Å². The molecule has 4 heterocycles. The Kier molecular flexibility index (Phi) is 5.35. The van der Waals surface area contributed by atoms with Crippen molar-refractivity contribution in [2.24, 2.45) is 11.8 Å². The standard InChI is InChI=1S/C23H28N8O2/c1-15-26-21(28(2)3)10-22(27-15)29-11-16-13-30(14-17(16)12-29)23(32)19-6-5-18(33-4)9-20(19)31-24-7-8-25-31/h5-10,16-17H,11-14H2,1-4H3. The van der Waals surface area contributed by atoms with Gasteiger partial charge >= 0.3 is 0 Å². The average Bonchev–Trinajstić information content (AvgIpc) is 3.54. The van der Waals surface area contributed by atoms with E-state index in [0.29, 0.717) is 28.8 Å². The van der Waals surface area contributed by atoms with Gasteiger partial charge in [-0.2, -0.15) is 15.0 Å². The number of aromatic nitrogens is 5. The minimum absolute atomic E-state index is 0.00122. The van der Waals surface area contributed by atoms with Crippen LogP contribution >= 0.6 is 0 Å². The van der Waals surface area contributed by atoms with Gasteiger partial charge in [0.25, 0.3) is 5.91 Å². The van der Waals surface area contributed by atoms with E-state index in [9.17, 15) is 4.79 Å². The molecule has 0 radical (unpaired) electrons. The summed E-state index contributed by atoms with van der Waals surface area (Å²) in [6, 6.07) is 7.44. The summed E-state index contributed by atoms with van der Waals surface area (Å²) < 4.78 is 5.35. The van der Waals surface area contributed by atoms with Crippen molar-refractivity contribution in [1.82, 2.24) is 29.9 Å². The van der Waals surface area contributed by atoms with Gasteiger partial charge in [0.1, 0.15) is 28.9 Å². The van der Waals surface area contributed by atoms with Gasteiger partial charge in [0, 0.05) is 64.2 Å². The first kappa shape index (κ1) is 21.2. The number of likely N-dealkylation sites (tertiary alicyclic amines) is 1. The van der Waals surface area contributed by atoms with Gasteiger partial charge in [-0.25, -0.2) is 9.97 Å². The zero-order chi connectivity index (χ0) is 23.1. The average molecular weight is 449 g/mol. The predicted molar refractivity (Wildman–Crippen MR) is 124 cm³/mol. The second-order valence-electron chi connectivity index (χ2n) is 8.86. The summed E-state index contributed by atoms with van der Waals surface area (Å²) in [6.45, 7) is 5.14. The lowest BCUT2D eigenvalue weighted by Gasteiger charge is -2.24. The van der Waals surface area contributed by atoms with Crippen molar-refractivity contribution >= 4 is 17.5 Å². The van der Waals surface area contributed by atoms with Gasteiger partial charge in [0.2, 0.25) is 0 Å². The van der Waals surface area contributed by atoms with E-state index in [1.807, 2.05) is 36.9 Å². The third kappa shape index (κ3) is 3.96. The molecule has 10 heteroatoms. The van der Waals surface area contributed by atoms with E-state index in [-0.39, 0.29) is 5.91 Å². The Morgan fingerprint density at radius 2 is 1.73 bits per heavy atom. The monoisotopic (exact) mass is 448 g/mol. The number of hydrogen-bond donors (Lipinski definition) is 0. The first-order valence-electron chi connectivity index (χ1n) is 11.0. The number of anilines is 2. The van der Waals surface area contributed by atoms with Crippen LogP contribution in [-0.4, -0.2) is 83.2 Å². The molecule has 2 aromatic heterocycles. The van der Waals surface area contributed by atoms with Crippen LogP contribution in [0.1, 0.15) is 16.2 Å². The molecule has 2 aliphatic heterocycles. The van der Waals surface area contributed by atoms with Crippen molar-refractivity contribution in [3.05, 3.63) is 48.0 Å². The first-order chi connectivity index (χ1) is 15.9. The largest absolute Gasteiger partial charge is 0.497 e. The van der Waals surface area contributed by atoms with Gasteiger partial charge in [-0.05, 0) is 19.1 Å². The summed E-state index contributed by atoms with van der Waals surface area (Å²) in [7, 11) is 5.57. The number of benzene rings is 1. The number of carbonyl (C=O) groups excluding carboxylic acids is 1. The van der Waals surface area contributed by atoms with Crippen molar-refractivity contribution in [2.75, 3.05) is 57.2 Å². The van der Waals surface area contributed by atoms with Gasteiger partial charge in [0.15, 0.2) is 0 Å². The third-order valence-electron chi connectivity index (χ3n) is 6.44. The fraction of sp³-hybridized carbons (Fsp3) is 0.435. The van der Waals surface area contributed by atoms with Crippen LogP contribution < -0.4 is 14.5 Å². The minimum atomic E-state index is -0.00122. The quantitative estimate of drug-likeness (QED) is 0.582. The number of rotatable bonds is 5. The van der Waals surface area contributed by atoms with Crippen LogP contribution in [0.2, 0.25) is 0 Å². The minimum Gasteiger partial charge on any atom is -0.497 e. The molecule has 2 fully saturated rings. The van der Waals surface area contributed by atoms with Crippen molar-refractivity contribution in [3.8, 4) is 11.4 Å². The van der Waals surface area contributed by atoms with E-state index in [1.54, 1.807) is 37.7 Å². The highest BCUT2D eigenvalue weighted by Gasteiger charge is 2.42. The number of carbonyl (C=O) groups is 1. The topological polar surface area (TPSA) is 92.5 Å². The van der Waals surface area contributed by atoms with E-state index < -0.39 is 0 Å². The number of methoxy groups -OCH3 is 1. The van der Waals surface area contributed by atoms with Crippen LogP contribution in [0.15, 0.2) is 36.7 Å². The molecule has 1 amide bonds. The highest BCUT2D eigenvalue weighted by molar-refractivity contribution is 5.98. The van der Waals surface area contributed by atoms with Crippen molar-refractivity contribution in [3.63, 3.8) is 0 Å². The van der Waals surface area contributed by atoms with Crippen molar-refractivity contribution in [1.29, 1.82) is 0 Å². The van der Waals surface area contributed by atoms with Crippen LogP contribution in [0.4, 0.5) is 11.6 Å². The van der Waals surface area contributed by atoms with Gasteiger partial charge in [-0.1, -0.05) is 0 Å². The molecule has 5 rings (SSSR count). The van der Waals surface area contributed by atoms with E-state index in [2.05, 4.69) is 25.1 Å². The fourth-order valence-electron chi connectivity index (χ4n) is 4.77. The Bertz CT molecular complexity index is 1150. The molecule has 2 aliphatic rings. The normalized spacial score (nSPS) is 19.6. The third-order valence-corrected chi connectivity index (χ3v) is 6.44. The summed E-state index contributed by atoms with van der Waals surface area (Å²) in [6.07, 6.45) is 3.19. The van der Waals surface area contributed by atoms with Crippen LogP contribution in [0, 0.1) is 18.8 Å². The highest BCUT2D eigenvalue weighted by Crippen LogP contribution is 2.35. The first-order valence-corrected chi connectivity index (χ1v) is 11.0. The Morgan fingerprint density at radius 3 is 2.36 bits per heavy atom. The molecule has 2 atom stereocenters. The fourth-order valence-corrected chi connectivity index (χ4v) is 4.77. The zero-order valence-corrected chi connectivity index (χ0v) is 19.3. The summed E-state index contributed by atoms with van der Waals surface area (Å²) in [5, 5.41) is 8.43. The molecule has 3 aromatic rings. The molecule has 0 spiro atoms. The van der Waals surface area contributed by atoms with Gasteiger partial charge in [-0.15, -0.1) is 0 Å². The molecule has 1 aromatic carbocycles. The second-order valence-corrected chi connectivity index (χ2v) is 8.86. The molecule has 2 saturated heterocycles. The Morgan fingerprint density at radius 1 is 1.03 bits per heavy atom. The predicted octanol–water partition coefficient (Wildman–Crippen LogP) is 1.65. The summed E-state index contributed by atoms with van der Waals surface area (Å²) >= 11 is 0. The Labute approximate surface area is 192 Å². The molecule has 0 N–H and O–H groups in total. The van der Waals surface area contributed by atoms with Gasteiger partial charge in [0.05, 0.1) is 25.1 Å². The van der Waals surface area contributed by atoms with Gasteiger partial charge < -0.3 is 19.4 Å². The summed E-state index contributed by atoms with van der Waals surface area (Å²) in [5.41, 5.74) is 1.20. The maximum atomic E-state index is 13.5.